The first-order valence-electron chi connectivity index (χ1n) is 15.0. The summed E-state index contributed by atoms with van der Waals surface area (Å²) in [4.78, 5) is 0. The van der Waals surface area contributed by atoms with Crippen LogP contribution >= 0.6 is 0 Å². The summed E-state index contributed by atoms with van der Waals surface area (Å²) in [5, 5.41) is 0. The van der Waals surface area contributed by atoms with Crippen molar-refractivity contribution in [2.45, 2.75) is 103 Å². The van der Waals surface area contributed by atoms with Crippen molar-refractivity contribution >= 4 is 0 Å². The summed E-state index contributed by atoms with van der Waals surface area (Å²) < 4.78 is 34.1. The molecule has 0 heterocycles. The number of rotatable bonds is 11. The molecule has 3 heteroatoms. The Hall–Kier alpha value is -2.16. The smallest absolute Gasteiger partial charge is 0.201 e. The zero-order chi connectivity index (χ0) is 26.0. The van der Waals surface area contributed by atoms with Gasteiger partial charge in [-0.25, -0.2) is 4.39 Å². The van der Waals surface area contributed by atoms with Gasteiger partial charge >= 0.3 is 0 Å². The molecule has 37 heavy (non-hydrogen) atoms. The van der Waals surface area contributed by atoms with Crippen LogP contribution in [0.2, 0.25) is 0 Å². The van der Waals surface area contributed by atoms with Crippen LogP contribution in [-0.4, -0.2) is 6.61 Å². The predicted molar refractivity (Wildman–Crippen MR) is 151 cm³/mol. The largest absolute Gasteiger partial charge is 0.491 e. The van der Waals surface area contributed by atoms with E-state index in [1.165, 1.54) is 95.1 Å². The summed E-state index contributed by atoms with van der Waals surface area (Å²) in [6.07, 6.45) is 22.4. The van der Waals surface area contributed by atoms with Crippen LogP contribution in [0.25, 0.3) is 11.1 Å². The maximum atomic E-state index is 14.6. The molecule has 0 saturated heterocycles. The fraction of sp³-hybridized carbons (Fsp3) is 0.588. The van der Waals surface area contributed by atoms with Crippen molar-refractivity contribution in [3.63, 3.8) is 0 Å². The Labute approximate surface area is 223 Å². The minimum Gasteiger partial charge on any atom is -0.491 e. The van der Waals surface area contributed by atoms with E-state index in [4.69, 9.17) is 4.74 Å². The minimum atomic E-state index is -0.911. The van der Waals surface area contributed by atoms with Crippen molar-refractivity contribution in [1.29, 1.82) is 0 Å². The molecule has 2 aromatic rings. The van der Waals surface area contributed by atoms with Crippen molar-refractivity contribution in [2.75, 3.05) is 6.61 Å². The van der Waals surface area contributed by atoms with E-state index in [1.807, 2.05) is 12.1 Å². The maximum Gasteiger partial charge on any atom is 0.201 e. The van der Waals surface area contributed by atoms with E-state index < -0.39 is 11.6 Å². The van der Waals surface area contributed by atoms with Crippen LogP contribution in [0.5, 0.6) is 5.75 Å². The topological polar surface area (TPSA) is 9.23 Å². The van der Waals surface area contributed by atoms with Gasteiger partial charge in [0.25, 0.3) is 0 Å². The van der Waals surface area contributed by atoms with Crippen molar-refractivity contribution in [2.24, 2.45) is 17.8 Å². The van der Waals surface area contributed by atoms with E-state index in [-0.39, 0.29) is 11.3 Å². The highest BCUT2D eigenvalue weighted by Crippen LogP contribution is 2.39. The molecule has 2 aromatic carbocycles. The third-order valence-electron chi connectivity index (χ3n) is 8.89. The average Bonchev–Trinajstić information content (AvgIpc) is 2.94. The van der Waals surface area contributed by atoms with Gasteiger partial charge in [0.05, 0.1) is 6.61 Å². The lowest BCUT2D eigenvalue weighted by molar-refractivity contribution is 0.289. The molecule has 202 valence electrons. The van der Waals surface area contributed by atoms with Crippen LogP contribution in [0.3, 0.4) is 0 Å². The van der Waals surface area contributed by atoms with E-state index in [2.05, 4.69) is 31.2 Å². The molecule has 0 spiro atoms. The molecule has 1 nitrogen and oxygen atoms in total. The Kier molecular flexibility index (Phi) is 10.6. The van der Waals surface area contributed by atoms with Gasteiger partial charge in [-0.3, -0.25) is 0 Å². The fourth-order valence-electron chi connectivity index (χ4n) is 6.52. The van der Waals surface area contributed by atoms with Gasteiger partial charge in [-0.2, -0.15) is 4.39 Å². The van der Waals surface area contributed by atoms with Gasteiger partial charge in [-0.15, -0.1) is 0 Å². The quantitative estimate of drug-likeness (QED) is 0.274. The lowest BCUT2D eigenvalue weighted by Crippen LogP contribution is -2.13. The second-order valence-corrected chi connectivity index (χ2v) is 11.4. The van der Waals surface area contributed by atoms with Crippen molar-refractivity contribution in [1.82, 2.24) is 0 Å². The number of benzene rings is 2. The van der Waals surface area contributed by atoms with Crippen molar-refractivity contribution in [3.8, 4) is 16.9 Å². The van der Waals surface area contributed by atoms with Crippen LogP contribution in [0.4, 0.5) is 8.78 Å². The molecule has 2 fully saturated rings. The Bertz CT molecular complexity index is 980. The molecule has 0 bridgehead atoms. The van der Waals surface area contributed by atoms with Crippen LogP contribution < -0.4 is 4.74 Å². The van der Waals surface area contributed by atoms with Gasteiger partial charge in [0.15, 0.2) is 11.6 Å². The van der Waals surface area contributed by atoms with E-state index in [1.54, 1.807) is 13.0 Å². The van der Waals surface area contributed by atoms with Crippen molar-refractivity contribution in [3.05, 3.63) is 65.7 Å². The Morgan fingerprint density at radius 1 is 0.784 bits per heavy atom. The average molecular weight is 509 g/mol. The van der Waals surface area contributed by atoms with Gasteiger partial charge in [-0.1, -0.05) is 62.6 Å². The zero-order valence-corrected chi connectivity index (χ0v) is 23.0. The molecule has 0 amide bonds. The monoisotopic (exact) mass is 508 g/mol. The van der Waals surface area contributed by atoms with Gasteiger partial charge in [0.2, 0.25) is 5.82 Å². The molecule has 2 saturated carbocycles. The molecule has 0 aromatic heterocycles. The van der Waals surface area contributed by atoms with Crippen LogP contribution in [0, 0.1) is 29.4 Å². The first kappa shape index (κ1) is 27.9. The molecule has 2 aliphatic carbocycles. The summed E-state index contributed by atoms with van der Waals surface area (Å²) in [5.74, 6) is 1.45. The van der Waals surface area contributed by atoms with Gasteiger partial charge in [0, 0.05) is 5.56 Å². The van der Waals surface area contributed by atoms with E-state index in [9.17, 15) is 8.78 Å². The van der Waals surface area contributed by atoms with Gasteiger partial charge < -0.3 is 4.74 Å². The molecule has 4 rings (SSSR count). The Morgan fingerprint density at radius 2 is 1.46 bits per heavy atom. The second kappa shape index (κ2) is 14.1. The number of unbranched alkanes of at least 4 members (excludes halogenated alkanes) is 1. The molecular weight excluding hydrogens is 462 g/mol. The highest BCUT2D eigenvalue weighted by Gasteiger charge is 2.23. The van der Waals surface area contributed by atoms with E-state index >= 15 is 0 Å². The minimum absolute atomic E-state index is 0.0300. The molecule has 0 N–H and O–H groups in total. The second-order valence-electron chi connectivity index (χ2n) is 11.4. The normalized spacial score (nSPS) is 24.4. The fourth-order valence-corrected chi connectivity index (χ4v) is 6.52. The first-order valence-corrected chi connectivity index (χ1v) is 15.0. The summed E-state index contributed by atoms with van der Waals surface area (Å²) in [6, 6.07) is 11.2. The molecule has 2 aliphatic rings. The molecule has 0 radical (unpaired) electrons. The molecule has 0 unspecified atom stereocenters. The SMILES string of the molecule is CCCCC1CCC(/C=C/CCC2CCC(c3ccc(-c4ccc(OCC)c(F)c4F)cc3)CC2)CC1. The lowest BCUT2D eigenvalue weighted by atomic mass is 9.77. The third kappa shape index (κ3) is 7.68. The highest BCUT2D eigenvalue weighted by molar-refractivity contribution is 5.65. The van der Waals surface area contributed by atoms with Gasteiger partial charge in [-0.05, 0) is 118 Å². The Morgan fingerprint density at radius 3 is 2.14 bits per heavy atom. The molecular formula is C34H46F2O. The number of halogens is 2. The predicted octanol–water partition coefficient (Wildman–Crippen LogP) is 10.6. The van der Waals surface area contributed by atoms with Gasteiger partial charge in [0.1, 0.15) is 0 Å². The number of ether oxygens (including phenoxy) is 1. The number of allylic oxidation sites excluding steroid dienone is 2. The Balaban J connectivity index is 1.19. The summed E-state index contributed by atoms with van der Waals surface area (Å²) >= 11 is 0. The van der Waals surface area contributed by atoms with E-state index in [0.29, 0.717) is 18.1 Å². The van der Waals surface area contributed by atoms with Crippen LogP contribution in [0.1, 0.15) is 109 Å². The van der Waals surface area contributed by atoms with Crippen molar-refractivity contribution < 1.29 is 13.5 Å². The highest BCUT2D eigenvalue weighted by atomic mass is 19.2. The number of hydrogen-bond acceptors (Lipinski definition) is 1. The number of hydrogen-bond donors (Lipinski definition) is 0. The van der Waals surface area contributed by atoms with Crippen LogP contribution in [0.15, 0.2) is 48.6 Å². The molecule has 0 aliphatic heterocycles. The summed E-state index contributed by atoms with van der Waals surface area (Å²) in [6.45, 7) is 4.37. The summed E-state index contributed by atoms with van der Waals surface area (Å²) in [7, 11) is 0. The zero-order valence-electron chi connectivity index (χ0n) is 23.0. The summed E-state index contributed by atoms with van der Waals surface area (Å²) in [5.41, 5.74) is 2.32. The maximum absolute atomic E-state index is 14.6. The lowest BCUT2D eigenvalue weighted by Gasteiger charge is -2.29. The first-order chi connectivity index (χ1) is 18.1. The third-order valence-corrected chi connectivity index (χ3v) is 8.89. The van der Waals surface area contributed by atoms with Crippen LogP contribution in [-0.2, 0) is 0 Å². The standard InChI is InChI=1S/C34H46F2O/c1-3-5-8-25-11-13-26(14-12-25)9-6-7-10-27-15-17-28(18-16-27)29-19-21-30(22-20-29)31-23-24-32(37-4-2)34(36)33(31)35/h6,9,19-28H,3-5,7-8,10-18H2,1-2H3/b9-6+. The van der Waals surface area contributed by atoms with E-state index in [0.717, 1.165) is 17.8 Å². The molecule has 0 atom stereocenters.